The third-order valence-corrected chi connectivity index (χ3v) is 4.95. The van der Waals surface area contributed by atoms with E-state index >= 15 is 0 Å². The van der Waals surface area contributed by atoms with Crippen LogP contribution in [0.1, 0.15) is 33.2 Å². The molecule has 1 amide bonds. The fraction of sp³-hybridized carbons (Fsp3) is 0.227. The summed E-state index contributed by atoms with van der Waals surface area (Å²) < 4.78 is 13.0. The molecule has 0 fully saturated rings. The molecule has 0 aliphatic carbocycles. The van der Waals surface area contributed by atoms with Gasteiger partial charge < -0.3 is 19.1 Å². The van der Waals surface area contributed by atoms with Crippen LogP contribution in [0.15, 0.2) is 53.1 Å². The van der Waals surface area contributed by atoms with Crippen LogP contribution in [-0.2, 0) is 20.2 Å². The normalized spacial score (nSPS) is 11.0. The fourth-order valence-electron chi connectivity index (χ4n) is 3.21. The second-order valence-electron chi connectivity index (χ2n) is 6.88. The summed E-state index contributed by atoms with van der Waals surface area (Å²) in [6.07, 6.45) is 0. The summed E-state index contributed by atoms with van der Waals surface area (Å²) in [6, 6.07) is 15.0. The number of benzene rings is 2. The quantitative estimate of drug-likeness (QED) is 0.543. The number of fused-ring (bicyclic) bond motifs is 1. The maximum Gasteiger partial charge on any atom is 0.251 e. The van der Waals surface area contributed by atoms with Crippen LogP contribution >= 0.6 is 0 Å². The zero-order chi connectivity index (χ0) is 20.4. The number of nitrogens with one attached hydrogen (secondary N) is 1. The molecule has 0 aliphatic heterocycles. The molecule has 0 bridgehead atoms. The van der Waals surface area contributed by atoms with Gasteiger partial charge in [0.15, 0.2) is 0 Å². The lowest BCUT2D eigenvalue weighted by Gasteiger charge is -2.09. The summed E-state index contributed by atoms with van der Waals surface area (Å²) in [5.74, 6) is 1.96. The molecule has 0 saturated carbocycles. The number of nitrogens with zero attached hydrogens (tertiary/aromatic N) is 3. The summed E-state index contributed by atoms with van der Waals surface area (Å²) >= 11 is 0. The van der Waals surface area contributed by atoms with Gasteiger partial charge in [0.2, 0.25) is 0 Å². The van der Waals surface area contributed by atoms with E-state index < -0.39 is 0 Å². The van der Waals surface area contributed by atoms with Gasteiger partial charge in [0.1, 0.15) is 23.9 Å². The molecule has 0 spiro atoms. The van der Waals surface area contributed by atoms with Crippen LogP contribution in [0.4, 0.5) is 0 Å². The molecule has 0 saturated heterocycles. The van der Waals surface area contributed by atoms with Gasteiger partial charge in [-0.2, -0.15) is 0 Å². The van der Waals surface area contributed by atoms with Crippen molar-refractivity contribution in [2.45, 2.75) is 27.0 Å². The minimum absolute atomic E-state index is 0.181. The van der Waals surface area contributed by atoms with Gasteiger partial charge in [0.05, 0.1) is 28.8 Å². The first-order valence-electron chi connectivity index (χ1n) is 9.36. The van der Waals surface area contributed by atoms with Crippen LogP contribution in [0.5, 0.6) is 5.75 Å². The van der Waals surface area contributed by atoms with Crippen molar-refractivity contribution in [2.24, 2.45) is 7.05 Å². The number of rotatable bonds is 6. The van der Waals surface area contributed by atoms with Crippen molar-refractivity contribution in [1.29, 1.82) is 0 Å². The number of para-hydroxylation sites is 2. The Morgan fingerprint density at radius 3 is 2.76 bits per heavy atom. The van der Waals surface area contributed by atoms with Crippen molar-refractivity contribution in [3.05, 3.63) is 76.9 Å². The Kier molecular flexibility index (Phi) is 5.03. The third kappa shape index (κ3) is 3.85. The second-order valence-corrected chi connectivity index (χ2v) is 6.88. The Morgan fingerprint density at radius 1 is 1.17 bits per heavy atom. The highest BCUT2D eigenvalue weighted by molar-refractivity contribution is 5.94. The molecular weight excluding hydrogens is 368 g/mol. The predicted octanol–water partition coefficient (Wildman–Crippen LogP) is 3.69. The molecule has 0 unspecified atom stereocenters. The first-order chi connectivity index (χ1) is 14.0. The Balaban J connectivity index is 1.42. The number of hydrogen-bond acceptors (Lipinski definition) is 5. The molecule has 7 nitrogen and oxygen atoms in total. The summed E-state index contributed by atoms with van der Waals surface area (Å²) in [6.45, 7) is 4.41. The van der Waals surface area contributed by atoms with E-state index in [0.29, 0.717) is 24.5 Å². The van der Waals surface area contributed by atoms with Crippen molar-refractivity contribution < 1.29 is 14.1 Å². The van der Waals surface area contributed by atoms with E-state index in [4.69, 9.17) is 9.26 Å². The molecule has 2 aromatic carbocycles. The van der Waals surface area contributed by atoms with Crippen LogP contribution < -0.4 is 10.1 Å². The molecule has 4 rings (SSSR count). The lowest BCUT2D eigenvalue weighted by atomic mass is 10.2. The number of carbonyl (C=O) groups is 1. The molecule has 1 N–H and O–H groups in total. The zero-order valence-corrected chi connectivity index (χ0v) is 16.6. The van der Waals surface area contributed by atoms with E-state index in [2.05, 4.69) is 15.5 Å². The number of imidazole rings is 1. The van der Waals surface area contributed by atoms with Crippen LogP contribution in [0.25, 0.3) is 11.0 Å². The van der Waals surface area contributed by atoms with Crippen LogP contribution in [0.2, 0.25) is 0 Å². The monoisotopic (exact) mass is 390 g/mol. The average molecular weight is 390 g/mol. The molecule has 2 aromatic heterocycles. The van der Waals surface area contributed by atoms with E-state index in [1.54, 1.807) is 18.2 Å². The number of ether oxygens (including phenoxy) is 1. The van der Waals surface area contributed by atoms with Gasteiger partial charge in [-0.25, -0.2) is 4.98 Å². The maximum absolute atomic E-state index is 12.6. The first-order valence-corrected chi connectivity index (χ1v) is 9.36. The van der Waals surface area contributed by atoms with Crippen LogP contribution in [-0.4, -0.2) is 20.6 Å². The largest absolute Gasteiger partial charge is 0.489 e. The summed E-state index contributed by atoms with van der Waals surface area (Å²) in [7, 11) is 1.94. The SMILES string of the molecule is Cc1noc(C)c1COc1cccc(C(=O)NCc2nc3ccccc3n2C)c1. The molecule has 2 heterocycles. The molecule has 0 aliphatic rings. The number of hydrogen-bond donors (Lipinski definition) is 1. The summed E-state index contributed by atoms with van der Waals surface area (Å²) in [5, 5.41) is 6.85. The molecular formula is C22H22N4O3. The Bertz CT molecular complexity index is 1160. The Hall–Kier alpha value is -3.61. The molecule has 0 atom stereocenters. The van der Waals surface area contributed by atoms with Gasteiger partial charge in [0.25, 0.3) is 5.91 Å². The van der Waals surface area contributed by atoms with E-state index in [1.165, 1.54) is 0 Å². The highest BCUT2D eigenvalue weighted by Gasteiger charge is 2.12. The smallest absolute Gasteiger partial charge is 0.251 e. The van der Waals surface area contributed by atoms with Gasteiger partial charge >= 0.3 is 0 Å². The van der Waals surface area contributed by atoms with E-state index in [-0.39, 0.29) is 5.91 Å². The van der Waals surface area contributed by atoms with Gasteiger partial charge in [0, 0.05) is 12.6 Å². The van der Waals surface area contributed by atoms with Crippen molar-refractivity contribution in [2.75, 3.05) is 0 Å². The zero-order valence-electron chi connectivity index (χ0n) is 16.6. The standard InChI is InChI=1S/C22H22N4O3/c1-14-18(15(2)29-25-14)13-28-17-8-6-7-16(11-17)22(27)23-12-21-24-19-9-4-5-10-20(19)26(21)3/h4-11H,12-13H2,1-3H3,(H,23,27). The second kappa shape index (κ2) is 7.79. The molecule has 148 valence electrons. The first kappa shape index (κ1) is 18.7. The van der Waals surface area contributed by atoms with Gasteiger partial charge in [-0.3, -0.25) is 4.79 Å². The number of amides is 1. The number of aryl methyl sites for hydroxylation is 3. The maximum atomic E-state index is 12.6. The predicted molar refractivity (Wildman–Crippen MR) is 109 cm³/mol. The average Bonchev–Trinajstić information content (AvgIpc) is 3.23. The Morgan fingerprint density at radius 2 is 2.00 bits per heavy atom. The van der Waals surface area contributed by atoms with Crippen LogP contribution in [0, 0.1) is 13.8 Å². The fourth-order valence-corrected chi connectivity index (χ4v) is 3.21. The minimum atomic E-state index is -0.181. The van der Waals surface area contributed by atoms with Crippen molar-refractivity contribution in [1.82, 2.24) is 20.0 Å². The van der Waals surface area contributed by atoms with Gasteiger partial charge in [-0.15, -0.1) is 0 Å². The van der Waals surface area contributed by atoms with Crippen molar-refractivity contribution >= 4 is 16.9 Å². The van der Waals surface area contributed by atoms with Gasteiger partial charge in [-0.05, 0) is 44.2 Å². The van der Waals surface area contributed by atoms with E-state index in [0.717, 1.165) is 33.9 Å². The molecule has 4 aromatic rings. The lowest BCUT2D eigenvalue weighted by molar-refractivity contribution is 0.0949. The highest BCUT2D eigenvalue weighted by Crippen LogP contribution is 2.19. The Labute approximate surface area is 168 Å². The summed E-state index contributed by atoms with van der Waals surface area (Å²) in [4.78, 5) is 17.2. The van der Waals surface area contributed by atoms with E-state index in [9.17, 15) is 4.79 Å². The van der Waals surface area contributed by atoms with Crippen molar-refractivity contribution in [3.8, 4) is 5.75 Å². The van der Waals surface area contributed by atoms with E-state index in [1.807, 2.05) is 55.8 Å². The third-order valence-electron chi connectivity index (χ3n) is 4.95. The topological polar surface area (TPSA) is 82.2 Å². The van der Waals surface area contributed by atoms with Crippen LogP contribution in [0.3, 0.4) is 0 Å². The molecule has 7 heteroatoms. The summed E-state index contributed by atoms with van der Waals surface area (Å²) in [5.41, 5.74) is 4.20. The highest BCUT2D eigenvalue weighted by atomic mass is 16.5. The number of carbonyl (C=O) groups excluding carboxylic acids is 1. The molecule has 29 heavy (non-hydrogen) atoms. The van der Waals surface area contributed by atoms with Crippen molar-refractivity contribution in [3.63, 3.8) is 0 Å². The molecule has 0 radical (unpaired) electrons. The number of aromatic nitrogens is 3. The minimum Gasteiger partial charge on any atom is -0.489 e. The van der Waals surface area contributed by atoms with Gasteiger partial charge in [-0.1, -0.05) is 23.4 Å². The lowest BCUT2D eigenvalue weighted by Crippen LogP contribution is -2.24.